The highest BCUT2D eigenvalue weighted by Gasteiger charge is 2.21. The smallest absolute Gasteiger partial charge is 0.295 e. The highest BCUT2D eigenvalue weighted by Crippen LogP contribution is 2.26. The molecule has 0 atom stereocenters. The van der Waals surface area contributed by atoms with E-state index in [9.17, 15) is 12.8 Å². The second-order valence-corrected chi connectivity index (χ2v) is 6.73. The van der Waals surface area contributed by atoms with Gasteiger partial charge >= 0.3 is 0 Å². The first-order valence-electron chi connectivity index (χ1n) is 6.76. The Morgan fingerprint density at radius 3 is 2.61 bits per heavy atom. The number of hydrogen-bond donors (Lipinski definition) is 2. The Morgan fingerprint density at radius 2 is 1.96 bits per heavy atom. The normalized spacial score (nSPS) is 11.6. The van der Waals surface area contributed by atoms with Crippen molar-refractivity contribution in [2.75, 3.05) is 4.72 Å². The average molecular weight is 335 g/mol. The van der Waals surface area contributed by atoms with Crippen molar-refractivity contribution in [3.63, 3.8) is 0 Å². The van der Waals surface area contributed by atoms with E-state index in [1.54, 1.807) is 13.0 Å². The van der Waals surface area contributed by atoms with Gasteiger partial charge < -0.3 is 4.42 Å². The molecule has 120 valence electrons. The fraction of sp³-hybridized carbons (Fsp3) is 0.133. The third kappa shape index (κ3) is 3.11. The summed E-state index contributed by atoms with van der Waals surface area (Å²) in [5.41, 5.74) is 2.12. The molecule has 23 heavy (non-hydrogen) atoms. The van der Waals surface area contributed by atoms with Crippen LogP contribution in [0.25, 0.3) is 11.5 Å². The molecule has 0 aliphatic rings. The first-order chi connectivity index (χ1) is 10.8. The van der Waals surface area contributed by atoms with Gasteiger partial charge in [0.1, 0.15) is 11.5 Å². The molecule has 8 heteroatoms. The third-order valence-electron chi connectivity index (χ3n) is 3.24. The number of hydrogen-bond acceptors (Lipinski definition) is 4. The predicted octanol–water partition coefficient (Wildman–Crippen LogP) is 3.23. The molecule has 3 rings (SSSR count). The summed E-state index contributed by atoms with van der Waals surface area (Å²) in [4.78, 5) is 0. The SMILES string of the molecule is Cc1cc(-c2ccc(S(=O)(=O)Nc3ccc(F)cc3C)o2)n[nH]1. The zero-order valence-corrected chi connectivity index (χ0v) is 13.2. The Morgan fingerprint density at radius 1 is 1.17 bits per heavy atom. The van der Waals surface area contributed by atoms with E-state index in [0.29, 0.717) is 22.7 Å². The molecule has 2 heterocycles. The lowest BCUT2D eigenvalue weighted by molar-refractivity contribution is 0.461. The average Bonchev–Trinajstić information content (AvgIpc) is 3.10. The fourth-order valence-corrected chi connectivity index (χ4v) is 3.15. The molecule has 0 saturated carbocycles. The molecule has 0 saturated heterocycles. The number of aromatic nitrogens is 2. The molecule has 3 aromatic rings. The summed E-state index contributed by atoms with van der Waals surface area (Å²) in [7, 11) is -3.91. The van der Waals surface area contributed by atoms with Crippen molar-refractivity contribution in [1.82, 2.24) is 10.2 Å². The number of sulfonamides is 1. The van der Waals surface area contributed by atoms with Gasteiger partial charge in [-0.2, -0.15) is 13.5 Å². The lowest BCUT2D eigenvalue weighted by Gasteiger charge is -2.08. The minimum Gasteiger partial charge on any atom is -0.441 e. The van der Waals surface area contributed by atoms with Crippen LogP contribution in [-0.4, -0.2) is 18.6 Å². The maximum atomic E-state index is 13.1. The predicted molar refractivity (Wildman–Crippen MR) is 83.0 cm³/mol. The maximum Gasteiger partial charge on any atom is 0.295 e. The molecule has 2 aromatic heterocycles. The van der Waals surface area contributed by atoms with Gasteiger partial charge in [0.15, 0.2) is 5.76 Å². The van der Waals surface area contributed by atoms with Crippen LogP contribution < -0.4 is 4.72 Å². The zero-order chi connectivity index (χ0) is 16.6. The van der Waals surface area contributed by atoms with Crippen LogP contribution in [0.5, 0.6) is 0 Å². The van der Waals surface area contributed by atoms with E-state index in [0.717, 1.165) is 5.69 Å². The van der Waals surface area contributed by atoms with Gasteiger partial charge in [0, 0.05) is 5.69 Å². The van der Waals surface area contributed by atoms with Crippen LogP contribution >= 0.6 is 0 Å². The van der Waals surface area contributed by atoms with Crippen LogP contribution in [0.3, 0.4) is 0 Å². The summed E-state index contributed by atoms with van der Waals surface area (Å²) < 4.78 is 45.6. The van der Waals surface area contributed by atoms with Gasteiger partial charge in [0.25, 0.3) is 10.0 Å². The molecule has 0 aliphatic heterocycles. The lowest BCUT2D eigenvalue weighted by atomic mass is 10.2. The number of rotatable bonds is 4. The number of halogens is 1. The van der Waals surface area contributed by atoms with Crippen LogP contribution in [0, 0.1) is 19.7 Å². The minimum absolute atomic E-state index is 0.239. The number of nitrogens with one attached hydrogen (secondary N) is 2. The van der Waals surface area contributed by atoms with Crippen molar-refractivity contribution >= 4 is 15.7 Å². The van der Waals surface area contributed by atoms with Crippen molar-refractivity contribution in [2.24, 2.45) is 0 Å². The van der Waals surface area contributed by atoms with Crippen LogP contribution in [-0.2, 0) is 10.0 Å². The Hall–Kier alpha value is -2.61. The largest absolute Gasteiger partial charge is 0.441 e. The van der Waals surface area contributed by atoms with Crippen LogP contribution in [0.2, 0.25) is 0 Å². The van der Waals surface area contributed by atoms with E-state index < -0.39 is 15.8 Å². The van der Waals surface area contributed by atoms with Crippen LogP contribution in [0.4, 0.5) is 10.1 Å². The molecule has 0 radical (unpaired) electrons. The van der Waals surface area contributed by atoms with Crippen molar-refractivity contribution < 1.29 is 17.2 Å². The molecular weight excluding hydrogens is 321 g/mol. The minimum atomic E-state index is -3.91. The molecular formula is C15H14FN3O3S. The second kappa shape index (κ2) is 5.54. The van der Waals surface area contributed by atoms with Gasteiger partial charge in [-0.15, -0.1) is 0 Å². The third-order valence-corrected chi connectivity index (χ3v) is 4.48. The lowest BCUT2D eigenvalue weighted by Crippen LogP contribution is -2.13. The Balaban J connectivity index is 1.89. The van der Waals surface area contributed by atoms with Gasteiger partial charge in [0.05, 0.1) is 5.69 Å². The summed E-state index contributed by atoms with van der Waals surface area (Å²) in [6.07, 6.45) is 0. The number of nitrogens with zero attached hydrogens (tertiary/aromatic N) is 1. The maximum absolute atomic E-state index is 13.1. The topological polar surface area (TPSA) is 88.0 Å². The summed E-state index contributed by atoms with van der Waals surface area (Å²) in [5.74, 6) is -0.0924. The van der Waals surface area contributed by atoms with Crippen molar-refractivity contribution in [3.05, 3.63) is 53.5 Å². The van der Waals surface area contributed by atoms with Crippen LogP contribution in [0.15, 0.2) is 45.9 Å². The Bertz CT molecular complexity index is 960. The van der Waals surface area contributed by atoms with Gasteiger partial charge in [-0.3, -0.25) is 9.82 Å². The quantitative estimate of drug-likeness (QED) is 0.766. The van der Waals surface area contributed by atoms with Gasteiger partial charge in [0.2, 0.25) is 5.09 Å². The number of aromatic amines is 1. The first-order valence-corrected chi connectivity index (χ1v) is 8.25. The fourth-order valence-electron chi connectivity index (χ4n) is 2.08. The number of H-pyrrole nitrogens is 1. The van der Waals surface area contributed by atoms with Crippen molar-refractivity contribution in [1.29, 1.82) is 0 Å². The summed E-state index contributed by atoms with van der Waals surface area (Å²) in [6.45, 7) is 3.44. The molecule has 0 amide bonds. The Kier molecular flexibility index (Phi) is 3.69. The van der Waals surface area contributed by atoms with E-state index in [1.165, 1.54) is 30.3 Å². The van der Waals surface area contributed by atoms with Crippen LogP contribution in [0.1, 0.15) is 11.3 Å². The number of aryl methyl sites for hydroxylation is 2. The van der Waals surface area contributed by atoms with E-state index in [-0.39, 0.29) is 5.09 Å². The molecule has 1 aromatic carbocycles. The Labute approximate surface area is 132 Å². The van der Waals surface area contributed by atoms with E-state index >= 15 is 0 Å². The number of furan rings is 1. The summed E-state index contributed by atoms with van der Waals surface area (Å²) in [5, 5.41) is 6.53. The highest BCUT2D eigenvalue weighted by atomic mass is 32.2. The van der Waals surface area contributed by atoms with Crippen molar-refractivity contribution in [3.8, 4) is 11.5 Å². The van der Waals surface area contributed by atoms with E-state index in [1.807, 2.05) is 6.92 Å². The molecule has 2 N–H and O–H groups in total. The van der Waals surface area contributed by atoms with E-state index in [4.69, 9.17) is 4.42 Å². The number of benzene rings is 1. The standard InChI is InChI=1S/C15H14FN3O3S/c1-9-7-11(16)3-4-12(9)19-23(20,21)15-6-5-14(22-15)13-8-10(2)17-18-13/h3-8,19H,1-2H3,(H,17,18). The number of anilines is 1. The molecule has 0 unspecified atom stereocenters. The van der Waals surface area contributed by atoms with Gasteiger partial charge in [-0.1, -0.05) is 0 Å². The zero-order valence-electron chi connectivity index (χ0n) is 12.4. The summed E-state index contributed by atoms with van der Waals surface area (Å²) >= 11 is 0. The second-order valence-electron chi connectivity index (χ2n) is 5.12. The molecule has 0 aliphatic carbocycles. The summed E-state index contributed by atoms with van der Waals surface area (Å²) in [6, 6.07) is 8.42. The van der Waals surface area contributed by atoms with Gasteiger partial charge in [-0.25, -0.2) is 4.39 Å². The molecule has 0 spiro atoms. The molecule has 6 nitrogen and oxygen atoms in total. The molecule has 0 fully saturated rings. The monoisotopic (exact) mass is 335 g/mol. The molecule has 0 bridgehead atoms. The highest BCUT2D eigenvalue weighted by molar-refractivity contribution is 7.92. The van der Waals surface area contributed by atoms with Gasteiger partial charge in [-0.05, 0) is 55.8 Å². The van der Waals surface area contributed by atoms with Crippen molar-refractivity contribution in [2.45, 2.75) is 18.9 Å². The van der Waals surface area contributed by atoms with E-state index in [2.05, 4.69) is 14.9 Å². The first kappa shape index (κ1) is 15.3.